The van der Waals surface area contributed by atoms with Crippen molar-refractivity contribution in [2.45, 2.75) is 103 Å². The van der Waals surface area contributed by atoms with Crippen LogP contribution in [0.25, 0.3) is 0 Å². The first kappa shape index (κ1) is 37.2. The predicted octanol–water partition coefficient (Wildman–Crippen LogP) is 7.93. The first-order chi connectivity index (χ1) is 23.2. The lowest BCUT2D eigenvalue weighted by Gasteiger charge is -2.29. The van der Waals surface area contributed by atoms with Crippen molar-refractivity contribution < 1.29 is 23.5 Å². The molecule has 0 aliphatic heterocycles. The van der Waals surface area contributed by atoms with E-state index in [1.54, 1.807) is 23.1 Å². The lowest BCUT2D eigenvalue weighted by Crippen LogP contribution is -2.49. The van der Waals surface area contributed by atoms with Gasteiger partial charge in [-0.3, -0.25) is 9.59 Å². The Bertz CT molecular complexity index is 1440. The van der Waals surface area contributed by atoms with E-state index in [2.05, 4.69) is 22.8 Å². The molecule has 3 atom stereocenters. The summed E-state index contributed by atoms with van der Waals surface area (Å²) >= 11 is 0. The lowest BCUT2D eigenvalue weighted by molar-refractivity contribution is 0.0755. The number of aliphatic hydroxyl groups excluding tert-OH is 1. The summed E-state index contributed by atoms with van der Waals surface area (Å²) in [6.45, 7) is 7.29. The minimum absolute atomic E-state index is 0.00488. The van der Waals surface area contributed by atoms with E-state index in [-0.39, 0.29) is 30.5 Å². The second-order valence-corrected chi connectivity index (χ2v) is 13.5. The van der Waals surface area contributed by atoms with Crippen LogP contribution >= 0.6 is 0 Å². The molecule has 1 aliphatic rings. The highest BCUT2D eigenvalue weighted by Gasteiger charge is 2.26. The van der Waals surface area contributed by atoms with Gasteiger partial charge in [-0.25, -0.2) is 8.78 Å². The normalized spacial score (nSPS) is 15.5. The zero-order valence-corrected chi connectivity index (χ0v) is 28.8. The van der Waals surface area contributed by atoms with Gasteiger partial charge in [0.25, 0.3) is 11.8 Å². The van der Waals surface area contributed by atoms with Crippen LogP contribution in [0, 0.1) is 24.5 Å². The minimum Gasteiger partial charge on any atom is -0.390 e. The molecule has 1 fully saturated rings. The van der Waals surface area contributed by atoms with Crippen LogP contribution in [-0.4, -0.2) is 53.6 Å². The molecule has 1 aliphatic carbocycles. The molecule has 3 aromatic rings. The Morgan fingerprint density at radius 1 is 0.896 bits per heavy atom. The van der Waals surface area contributed by atoms with Gasteiger partial charge in [-0.1, -0.05) is 76.3 Å². The second-order valence-electron chi connectivity index (χ2n) is 13.5. The van der Waals surface area contributed by atoms with E-state index in [1.165, 1.54) is 44.2 Å². The van der Waals surface area contributed by atoms with E-state index in [0.717, 1.165) is 42.9 Å². The average Bonchev–Trinajstić information content (AvgIpc) is 3.07. The molecule has 1 saturated carbocycles. The van der Waals surface area contributed by atoms with E-state index in [4.69, 9.17) is 0 Å². The minimum atomic E-state index is -1.07. The molecule has 6 nitrogen and oxygen atoms in total. The molecule has 260 valence electrons. The number of rotatable bonds is 17. The number of carbonyl (C=O) groups excluding carboxylic acids is 2. The number of amides is 2. The molecule has 4 rings (SSSR count). The molecule has 0 radical (unpaired) electrons. The molecule has 3 N–H and O–H groups in total. The van der Waals surface area contributed by atoms with Crippen molar-refractivity contribution in [1.29, 1.82) is 0 Å². The third kappa shape index (κ3) is 11.2. The fourth-order valence-corrected chi connectivity index (χ4v) is 6.95. The van der Waals surface area contributed by atoms with Crippen molar-refractivity contribution in [1.82, 2.24) is 15.5 Å². The number of carbonyl (C=O) groups is 2. The molecule has 0 spiro atoms. The van der Waals surface area contributed by atoms with Gasteiger partial charge in [-0.05, 0) is 92.0 Å². The maximum Gasteiger partial charge on any atom is 0.253 e. The number of hydrogen-bond acceptors (Lipinski definition) is 4. The summed E-state index contributed by atoms with van der Waals surface area (Å²) in [6.07, 6.45) is 8.97. The Morgan fingerprint density at radius 3 is 2.19 bits per heavy atom. The summed E-state index contributed by atoms with van der Waals surface area (Å²) in [4.78, 5) is 28.9. The molecular formula is C40H53F2N3O3. The summed E-state index contributed by atoms with van der Waals surface area (Å²) in [5.41, 5.74) is 2.93. The van der Waals surface area contributed by atoms with Gasteiger partial charge in [-0.15, -0.1) is 0 Å². The van der Waals surface area contributed by atoms with Crippen LogP contribution in [0.15, 0.2) is 66.7 Å². The first-order valence-electron chi connectivity index (χ1n) is 17.8. The quantitative estimate of drug-likeness (QED) is 0.137. The molecule has 0 aromatic heterocycles. The monoisotopic (exact) mass is 661 g/mol. The standard InChI is InChI=1S/C40H53F2N3O3/c1-4-18-45(19-5-2)40(48)33-21-28(3)20-32(25-33)39(47)44-37(24-30-22-34(41)26-35(42)23-30)38(46)27-43-36(31-14-10-7-11-15-31)17-16-29-12-8-6-9-13-29/h7,10-11,14-15,20-23,25-26,29,36-38,43,46H,4-6,8-9,12-13,16-19,24,27H2,1-3H3,(H,44,47)/t36-,37+,38-/m1/s1. The van der Waals surface area contributed by atoms with Gasteiger partial charge in [0.15, 0.2) is 0 Å². The number of hydrogen-bond donors (Lipinski definition) is 3. The SMILES string of the molecule is CCCN(CCC)C(=O)c1cc(C)cc(C(=O)N[C@@H](Cc2cc(F)cc(F)c2)[C@H](O)CN[C@H](CCC2CCCCC2)c2ccccc2)c1. The van der Waals surface area contributed by atoms with Crippen LogP contribution in [0.5, 0.6) is 0 Å². The zero-order chi connectivity index (χ0) is 34.5. The largest absolute Gasteiger partial charge is 0.390 e. The van der Waals surface area contributed by atoms with Crippen LogP contribution in [-0.2, 0) is 6.42 Å². The first-order valence-corrected chi connectivity index (χ1v) is 17.8. The van der Waals surface area contributed by atoms with E-state index in [0.29, 0.717) is 30.1 Å². The van der Waals surface area contributed by atoms with E-state index < -0.39 is 29.7 Å². The van der Waals surface area contributed by atoms with Gasteiger partial charge in [0.1, 0.15) is 11.6 Å². The Kier molecular flexibility index (Phi) is 14.6. The van der Waals surface area contributed by atoms with Crippen molar-refractivity contribution in [3.8, 4) is 0 Å². The van der Waals surface area contributed by atoms with Gasteiger partial charge in [0.2, 0.25) is 0 Å². The molecule has 3 aromatic carbocycles. The van der Waals surface area contributed by atoms with Crippen LogP contribution in [0.1, 0.15) is 115 Å². The van der Waals surface area contributed by atoms with Crippen LogP contribution in [0.3, 0.4) is 0 Å². The van der Waals surface area contributed by atoms with E-state index in [9.17, 15) is 23.5 Å². The molecule has 0 heterocycles. The second kappa shape index (κ2) is 18.8. The number of benzene rings is 3. The summed E-state index contributed by atoms with van der Waals surface area (Å²) in [7, 11) is 0. The summed E-state index contributed by atoms with van der Waals surface area (Å²) in [5, 5.41) is 18.1. The summed E-state index contributed by atoms with van der Waals surface area (Å²) in [6, 6.07) is 17.6. The smallest absolute Gasteiger partial charge is 0.253 e. The average molecular weight is 662 g/mol. The molecule has 8 heteroatoms. The Morgan fingerprint density at radius 2 is 1.54 bits per heavy atom. The van der Waals surface area contributed by atoms with E-state index >= 15 is 0 Å². The molecule has 0 bridgehead atoms. The highest BCUT2D eigenvalue weighted by atomic mass is 19.1. The van der Waals surface area contributed by atoms with Gasteiger partial charge >= 0.3 is 0 Å². The highest BCUT2D eigenvalue weighted by molar-refractivity contribution is 6.00. The van der Waals surface area contributed by atoms with Crippen molar-refractivity contribution in [3.05, 3.63) is 106 Å². The molecular weight excluding hydrogens is 608 g/mol. The maximum atomic E-state index is 14.2. The van der Waals surface area contributed by atoms with Gasteiger partial charge in [0.05, 0.1) is 12.1 Å². The third-order valence-corrected chi connectivity index (χ3v) is 9.38. The Hall–Kier alpha value is -3.62. The summed E-state index contributed by atoms with van der Waals surface area (Å²) in [5.74, 6) is -1.34. The van der Waals surface area contributed by atoms with Gasteiger partial charge in [0, 0.05) is 42.9 Å². The van der Waals surface area contributed by atoms with Gasteiger partial charge in [-0.2, -0.15) is 0 Å². The number of aliphatic hydroxyl groups is 1. The van der Waals surface area contributed by atoms with Crippen LogP contribution in [0.2, 0.25) is 0 Å². The number of nitrogens with zero attached hydrogens (tertiary/aromatic N) is 1. The lowest BCUT2D eigenvalue weighted by atomic mass is 9.84. The van der Waals surface area contributed by atoms with Crippen molar-refractivity contribution in [3.63, 3.8) is 0 Å². The number of nitrogens with one attached hydrogen (secondary N) is 2. The van der Waals surface area contributed by atoms with E-state index in [1.807, 2.05) is 39.0 Å². The molecule has 0 unspecified atom stereocenters. The van der Waals surface area contributed by atoms with Crippen molar-refractivity contribution in [2.24, 2.45) is 5.92 Å². The number of aryl methyl sites for hydroxylation is 1. The molecule has 0 saturated heterocycles. The van der Waals surface area contributed by atoms with Gasteiger partial charge < -0.3 is 20.6 Å². The highest BCUT2D eigenvalue weighted by Crippen LogP contribution is 2.30. The molecule has 48 heavy (non-hydrogen) atoms. The fraction of sp³-hybridized carbons (Fsp3) is 0.500. The van der Waals surface area contributed by atoms with Crippen LogP contribution in [0.4, 0.5) is 8.78 Å². The fourth-order valence-electron chi connectivity index (χ4n) is 6.95. The Balaban J connectivity index is 1.54. The van der Waals surface area contributed by atoms with Crippen LogP contribution < -0.4 is 10.6 Å². The van der Waals surface area contributed by atoms with Crippen molar-refractivity contribution >= 4 is 11.8 Å². The maximum absolute atomic E-state index is 14.2. The predicted molar refractivity (Wildman–Crippen MR) is 188 cm³/mol. The molecule has 2 amide bonds. The Labute approximate surface area is 285 Å². The summed E-state index contributed by atoms with van der Waals surface area (Å²) < 4.78 is 28.4. The zero-order valence-electron chi connectivity index (χ0n) is 28.8. The topological polar surface area (TPSA) is 81.7 Å². The van der Waals surface area contributed by atoms with Crippen molar-refractivity contribution in [2.75, 3.05) is 19.6 Å². The number of halogens is 2. The third-order valence-electron chi connectivity index (χ3n) is 9.38.